The molecule has 1 aliphatic carbocycles. The lowest BCUT2D eigenvalue weighted by Gasteiger charge is -2.29. The maximum Gasteiger partial charge on any atom is 0.0211 e. The molecule has 0 unspecified atom stereocenters. The summed E-state index contributed by atoms with van der Waals surface area (Å²) in [5.74, 6) is 1.64. The van der Waals surface area contributed by atoms with Gasteiger partial charge >= 0.3 is 0 Å². The Hall–Kier alpha value is -2.68. The lowest BCUT2D eigenvalue weighted by atomic mass is 9.82. The van der Waals surface area contributed by atoms with E-state index in [1.54, 1.807) is 0 Å². The van der Waals surface area contributed by atoms with Crippen molar-refractivity contribution in [1.29, 1.82) is 0 Å². The molecule has 0 aliphatic heterocycles. The minimum absolute atomic E-state index is 0.819. The first-order valence-electron chi connectivity index (χ1n) is 12.2. The van der Waals surface area contributed by atoms with Gasteiger partial charge in [-0.1, -0.05) is 84.9 Å². The van der Waals surface area contributed by atoms with Gasteiger partial charge in [0.1, 0.15) is 0 Å². The van der Waals surface area contributed by atoms with E-state index in [1.165, 1.54) is 58.4 Å². The number of fused-ring (bicyclic) bond motifs is 2. The van der Waals surface area contributed by atoms with E-state index in [0.717, 1.165) is 38.0 Å². The van der Waals surface area contributed by atoms with Crippen molar-refractivity contribution >= 4 is 21.5 Å². The Morgan fingerprint density at radius 3 is 1.38 bits per heavy atom. The minimum Gasteiger partial charge on any atom is -0.312 e. The molecule has 0 amide bonds. The Morgan fingerprint density at radius 2 is 0.906 bits per heavy atom. The van der Waals surface area contributed by atoms with Gasteiger partial charge in [-0.3, -0.25) is 0 Å². The molecule has 0 spiro atoms. The summed E-state index contributed by atoms with van der Waals surface area (Å²) in [6.45, 7) is 4.21. The molecular weight excluding hydrogens is 388 g/mol. The fourth-order valence-electron chi connectivity index (χ4n) is 5.35. The van der Waals surface area contributed by atoms with Crippen LogP contribution in [-0.4, -0.2) is 13.1 Å². The average Bonchev–Trinajstić information content (AvgIpc) is 2.85. The van der Waals surface area contributed by atoms with Crippen molar-refractivity contribution in [2.75, 3.05) is 13.1 Å². The van der Waals surface area contributed by atoms with Crippen LogP contribution in [0.2, 0.25) is 0 Å². The van der Waals surface area contributed by atoms with Crippen molar-refractivity contribution < 1.29 is 0 Å². The van der Waals surface area contributed by atoms with Gasteiger partial charge in [-0.25, -0.2) is 0 Å². The molecule has 4 aromatic rings. The predicted molar refractivity (Wildman–Crippen MR) is 137 cm³/mol. The van der Waals surface area contributed by atoms with Crippen molar-refractivity contribution in [1.82, 2.24) is 10.6 Å². The van der Waals surface area contributed by atoms with Crippen molar-refractivity contribution in [3.63, 3.8) is 0 Å². The van der Waals surface area contributed by atoms with E-state index in [0.29, 0.717) is 0 Å². The first kappa shape index (κ1) is 21.2. The second-order valence-electron chi connectivity index (χ2n) is 9.43. The number of nitrogens with one attached hydrogen (secondary N) is 2. The zero-order chi connectivity index (χ0) is 21.6. The molecule has 2 heteroatoms. The lowest BCUT2D eigenvalue weighted by Crippen LogP contribution is -2.30. The molecule has 0 heterocycles. The van der Waals surface area contributed by atoms with Gasteiger partial charge in [0.25, 0.3) is 0 Å². The molecule has 4 aromatic carbocycles. The third-order valence-electron chi connectivity index (χ3n) is 7.22. The van der Waals surface area contributed by atoms with Crippen molar-refractivity contribution in [3.05, 3.63) is 96.1 Å². The van der Waals surface area contributed by atoms with Crippen LogP contribution in [0.3, 0.4) is 0 Å². The zero-order valence-electron chi connectivity index (χ0n) is 18.9. The van der Waals surface area contributed by atoms with Crippen LogP contribution in [0, 0.1) is 11.8 Å². The van der Waals surface area contributed by atoms with Gasteiger partial charge < -0.3 is 10.6 Å². The normalized spacial score (nSPS) is 18.9. The first-order chi connectivity index (χ1) is 15.9. The quantitative estimate of drug-likeness (QED) is 0.331. The van der Waals surface area contributed by atoms with Gasteiger partial charge in [0.15, 0.2) is 0 Å². The molecule has 2 N–H and O–H groups in total. The molecular formula is C30H34N2. The van der Waals surface area contributed by atoms with E-state index in [2.05, 4.69) is 95.6 Å². The summed E-state index contributed by atoms with van der Waals surface area (Å²) in [6.07, 6.45) is 5.40. The largest absolute Gasteiger partial charge is 0.312 e. The van der Waals surface area contributed by atoms with Gasteiger partial charge in [0.05, 0.1) is 0 Å². The summed E-state index contributed by atoms with van der Waals surface area (Å²) < 4.78 is 0. The third kappa shape index (κ3) is 5.03. The predicted octanol–water partition coefficient (Wildman–Crippen LogP) is 6.68. The Bertz CT molecular complexity index is 1050. The van der Waals surface area contributed by atoms with Crippen molar-refractivity contribution in [2.45, 2.75) is 38.8 Å². The minimum atomic E-state index is 0.819. The second kappa shape index (κ2) is 10.3. The van der Waals surface area contributed by atoms with Gasteiger partial charge in [-0.2, -0.15) is 0 Å². The van der Waals surface area contributed by atoms with E-state index in [4.69, 9.17) is 0 Å². The summed E-state index contributed by atoms with van der Waals surface area (Å²) in [7, 11) is 0. The molecule has 0 radical (unpaired) electrons. The molecule has 32 heavy (non-hydrogen) atoms. The highest BCUT2D eigenvalue weighted by Gasteiger charge is 2.20. The van der Waals surface area contributed by atoms with Crippen LogP contribution in [0.4, 0.5) is 0 Å². The SMILES string of the molecule is c1ccc2c(CNCC3CCC(CNCc4cccc5ccccc45)CC3)cccc2c1. The Labute approximate surface area is 192 Å². The zero-order valence-corrected chi connectivity index (χ0v) is 18.9. The van der Waals surface area contributed by atoms with Crippen molar-refractivity contribution in [2.24, 2.45) is 11.8 Å². The standard InChI is InChI=1S/C30H34N2/c1-3-13-29-25(7-1)9-5-11-27(29)21-31-19-23-15-17-24(18-16-23)20-32-22-28-12-6-10-26-8-2-4-14-30(26)28/h1-14,23-24,31-32H,15-22H2. The van der Waals surface area contributed by atoms with E-state index in [1.807, 2.05) is 0 Å². The fraction of sp³-hybridized carbons (Fsp3) is 0.333. The Morgan fingerprint density at radius 1 is 0.500 bits per heavy atom. The number of hydrogen-bond acceptors (Lipinski definition) is 2. The molecule has 5 rings (SSSR count). The summed E-state index contributed by atoms with van der Waals surface area (Å²) in [4.78, 5) is 0. The van der Waals surface area contributed by atoms with Crippen LogP contribution < -0.4 is 10.6 Å². The lowest BCUT2D eigenvalue weighted by molar-refractivity contribution is 0.261. The van der Waals surface area contributed by atoms with E-state index in [9.17, 15) is 0 Å². The summed E-state index contributed by atoms with van der Waals surface area (Å²) in [6, 6.07) is 30.7. The second-order valence-corrected chi connectivity index (χ2v) is 9.43. The van der Waals surface area contributed by atoms with Crippen molar-refractivity contribution in [3.8, 4) is 0 Å². The van der Waals surface area contributed by atoms with Crippen LogP contribution in [0.5, 0.6) is 0 Å². The Kier molecular flexibility index (Phi) is 6.81. The number of rotatable bonds is 8. The Balaban J connectivity index is 1.04. The topological polar surface area (TPSA) is 24.1 Å². The maximum absolute atomic E-state index is 3.74. The fourth-order valence-corrected chi connectivity index (χ4v) is 5.35. The highest BCUT2D eigenvalue weighted by Crippen LogP contribution is 2.28. The van der Waals surface area contributed by atoms with Gasteiger partial charge in [0, 0.05) is 13.1 Å². The van der Waals surface area contributed by atoms with Gasteiger partial charge in [0.2, 0.25) is 0 Å². The molecule has 0 aromatic heterocycles. The average molecular weight is 423 g/mol. The summed E-state index contributed by atoms with van der Waals surface area (Å²) in [5, 5.41) is 12.9. The monoisotopic (exact) mass is 422 g/mol. The van der Waals surface area contributed by atoms with Crippen LogP contribution in [-0.2, 0) is 13.1 Å². The van der Waals surface area contributed by atoms with Gasteiger partial charge in [-0.05, 0) is 83.3 Å². The molecule has 1 saturated carbocycles. The number of benzene rings is 4. The maximum atomic E-state index is 3.74. The smallest absolute Gasteiger partial charge is 0.0211 e. The van der Waals surface area contributed by atoms with Crippen LogP contribution in [0.1, 0.15) is 36.8 Å². The van der Waals surface area contributed by atoms with E-state index in [-0.39, 0.29) is 0 Å². The molecule has 164 valence electrons. The van der Waals surface area contributed by atoms with Crippen LogP contribution in [0.15, 0.2) is 84.9 Å². The summed E-state index contributed by atoms with van der Waals surface area (Å²) in [5.41, 5.74) is 2.82. The van der Waals surface area contributed by atoms with E-state index >= 15 is 0 Å². The highest BCUT2D eigenvalue weighted by molar-refractivity contribution is 5.86. The number of hydrogen-bond donors (Lipinski definition) is 2. The molecule has 2 nitrogen and oxygen atoms in total. The molecule has 0 atom stereocenters. The molecule has 1 fully saturated rings. The van der Waals surface area contributed by atoms with Crippen LogP contribution >= 0.6 is 0 Å². The third-order valence-corrected chi connectivity index (χ3v) is 7.22. The molecule has 0 saturated heterocycles. The summed E-state index contributed by atoms with van der Waals surface area (Å²) >= 11 is 0. The van der Waals surface area contributed by atoms with Gasteiger partial charge in [-0.15, -0.1) is 0 Å². The molecule has 0 bridgehead atoms. The molecule has 1 aliphatic rings. The highest BCUT2D eigenvalue weighted by atomic mass is 14.9. The first-order valence-corrected chi connectivity index (χ1v) is 12.2. The van der Waals surface area contributed by atoms with Crippen LogP contribution in [0.25, 0.3) is 21.5 Å². The van der Waals surface area contributed by atoms with E-state index < -0.39 is 0 Å².